The Balaban J connectivity index is 1.90. The Labute approximate surface area is 116 Å². The van der Waals surface area contributed by atoms with Crippen molar-refractivity contribution in [2.45, 2.75) is 38.3 Å². The molecule has 1 aromatic heterocycles. The van der Waals surface area contributed by atoms with Crippen LogP contribution in [-0.4, -0.2) is 28.4 Å². The van der Waals surface area contributed by atoms with Crippen LogP contribution in [0.15, 0.2) is 22.8 Å². The van der Waals surface area contributed by atoms with Gasteiger partial charge in [-0.05, 0) is 60.3 Å². The van der Waals surface area contributed by atoms with E-state index in [1.54, 1.807) is 0 Å². The topological polar surface area (TPSA) is 16.1 Å². The molecule has 0 radical (unpaired) electrons. The van der Waals surface area contributed by atoms with Crippen LogP contribution in [0.5, 0.6) is 0 Å². The molecule has 0 aliphatic carbocycles. The van der Waals surface area contributed by atoms with E-state index in [9.17, 15) is 0 Å². The molecule has 0 N–H and O–H groups in total. The third-order valence-corrected chi connectivity index (χ3v) is 4.06. The van der Waals surface area contributed by atoms with Crippen molar-refractivity contribution >= 4 is 27.5 Å². The number of halogens is 2. The summed E-state index contributed by atoms with van der Waals surface area (Å²) in [6.07, 6.45) is 6.84. The van der Waals surface area contributed by atoms with Crippen LogP contribution in [0.4, 0.5) is 0 Å². The van der Waals surface area contributed by atoms with Crippen molar-refractivity contribution in [1.29, 1.82) is 0 Å². The van der Waals surface area contributed by atoms with Crippen LogP contribution in [0.25, 0.3) is 0 Å². The van der Waals surface area contributed by atoms with Crippen LogP contribution in [0, 0.1) is 0 Å². The second-order valence-electron chi connectivity index (χ2n) is 4.57. The lowest BCUT2D eigenvalue weighted by Crippen LogP contribution is -2.29. The monoisotopic (exact) mass is 316 g/mol. The molecule has 1 atom stereocenters. The minimum Gasteiger partial charge on any atom is -0.295 e. The molecule has 1 aromatic rings. The Kier molecular flexibility index (Phi) is 5.26. The van der Waals surface area contributed by atoms with Crippen LogP contribution in [0.1, 0.15) is 31.4 Å². The summed E-state index contributed by atoms with van der Waals surface area (Å²) >= 11 is 9.18. The van der Waals surface area contributed by atoms with Gasteiger partial charge in [0.1, 0.15) is 0 Å². The second kappa shape index (κ2) is 6.72. The van der Waals surface area contributed by atoms with Gasteiger partial charge in [-0.1, -0.05) is 0 Å². The first-order valence-corrected chi connectivity index (χ1v) is 7.53. The van der Waals surface area contributed by atoms with Gasteiger partial charge in [-0.2, -0.15) is 0 Å². The van der Waals surface area contributed by atoms with Crippen LogP contribution in [0.3, 0.4) is 0 Å². The van der Waals surface area contributed by atoms with Crippen molar-refractivity contribution < 1.29 is 0 Å². The zero-order chi connectivity index (χ0) is 12.1. The summed E-state index contributed by atoms with van der Waals surface area (Å²) in [7, 11) is 0. The largest absolute Gasteiger partial charge is 0.295 e. The normalized spacial score (nSPS) is 20.9. The maximum Gasteiger partial charge on any atom is 0.0544 e. The van der Waals surface area contributed by atoms with Crippen LogP contribution < -0.4 is 0 Å². The summed E-state index contributed by atoms with van der Waals surface area (Å²) in [5, 5.41) is 0. The molecule has 1 aliphatic heterocycles. The Morgan fingerprint density at radius 1 is 1.47 bits per heavy atom. The molecular weight excluding hydrogens is 300 g/mol. The summed E-state index contributed by atoms with van der Waals surface area (Å²) in [5.74, 6) is 0.779. The lowest BCUT2D eigenvalue weighted by atomic mass is 10.1. The van der Waals surface area contributed by atoms with E-state index >= 15 is 0 Å². The van der Waals surface area contributed by atoms with E-state index in [0.29, 0.717) is 6.04 Å². The number of pyridine rings is 1. The zero-order valence-electron chi connectivity index (χ0n) is 9.91. The van der Waals surface area contributed by atoms with Gasteiger partial charge in [0.05, 0.1) is 5.69 Å². The maximum absolute atomic E-state index is 5.77. The van der Waals surface area contributed by atoms with Gasteiger partial charge in [0, 0.05) is 29.1 Å². The van der Waals surface area contributed by atoms with E-state index in [1.165, 1.54) is 25.8 Å². The molecule has 17 heavy (non-hydrogen) atoms. The van der Waals surface area contributed by atoms with Gasteiger partial charge in [0.25, 0.3) is 0 Å². The number of aromatic nitrogens is 1. The number of alkyl halides is 1. The first-order valence-electron chi connectivity index (χ1n) is 6.20. The third-order valence-electron chi connectivity index (χ3n) is 3.32. The Morgan fingerprint density at radius 3 is 3.06 bits per heavy atom. The Bertz CT molecular complexity index is 342. The van der Waals surface area contributed by atoms with Crippen molar-refractivity contribution in [2.75, 3.05) is 12.4 Å². The molecular formula is C13H18BrClN2. The van der Waals surface area contributed by atoms with Gasteiger partial charge in [-0.15, -0.1) is 11.6 Å². The standard InChI is InChI=1S/C13H18BrClN2/c14-11-5-6-12(16-9-11)10-17-8-2-4-13(17)3-1-7-15/h5-6,9,13H,1-4,7-8,10H2. The fourth-order valence-corrected chi connectivity index (χ4v) is 2.84. The van der Waals surface area contributed by atoms with Crippen molar-refractivity contribution in [3.63, 3.8) is 0 Å². The average molecular weight is 318 g/mol. The Morgan fingerprint density at radius 2 is 2.35 bits per heavy atom. The molecule has 1 saturated heterocycles. The van der Waals surface area contributed by atoms with Gasteiger partial charge in [-0.3, -0.25) is 9.88 Å². The average Bonchev–Trinajstić information content (AvgIpc) is 2.77. The van der Waals surface area contributed by atoms with Crippen molar-refractivity contribution in [1.82, 2.24) is 9.88 Å². The molecule has 2 nitrogen and oxygen atoms in total. The molecule has 1 unspecified atom stereocenters. The molecule has 0 spiro atoms. The van der Waals surface area contributed by atoms with Crippen LogP contribution in [-0.2, 0) is 6.54 Å². The first-order chi connectivity index (χ1) is 8.29. The SMILES string of the molecule is ClCCCC1CCCN1Cc1ccc(Br)cn1. The predicted molar refractivity (Wildman–Crippen MR) is 75.3 cm³/mol. The van der Waals surface area contributed by atoms with Gasteiger partial charge < -0.3 is 0 Å². The molecule has 0 aromatic carbocycles. The van der Waals surface area contributed by atoms with Crippen molar-refractivity contribution in [3.8, 4) is 0 Å². The molecule has 0 saturated carbocycles. The minimum atomic E-state index is 0.708. The number of hydrogen-bond acceptors (Lipinski definition) is 2. The van der Waals surface area contributed by atoms with Crippen molar-refractivity contribution in [2.24, 2.45) is 0 Å². The molecule has 0 bridgehead atoms. The third kappa shape index (κ3) is 3.94. The highest BCUT2D eigenvalue weighted by atomic mass is 79.9. The van der Waals surface area contributed by atoms with Gasteiger partial charge >= 0.3 is 0 Å². The quantitative estimate of drug-likeness (QED) is 0.767. The van der Waals surface area contributed by atoms with Crippen LogP contribution >= 0.6 is 27.5 Å². The highest BCUT2D eigenvalue weighted by molar-refractivity contribution is 9.10. The minimum absolute atomic E-state index is 0.708. The van der Waals surface area contributed by atoms with Crippen LogP contribution in [0.2, 0.25) is 0 Å². The van der Waals surface area contributed by atoms with E-state index < -0.39 is 0 Å². The molecule has 2 heterocycles. The summed E-state index contributed by atoms with van der Waals surface area (Å²) in [6.45, 7) is 2.17. The summed E-state index contributed by atoms with van der Waals surface area (Å²) in [5.41, 5.74) is 1.16. The molecule has 1 aliphatic rings. The van der Waals surface area contributed by atoms with E-state index in [2.05, 4.69) is 37.9 Å². The van der Waals surface area contributed by atoms with E-state index in [4.69, 9.17) is 11.6 Å². The highest BCUT2D eigenvalue weighted by Gasteiger charge is 2.23. The molecule has 4 heteroatoms. The molecule has 94 valence electrons. The fourth-order valence-electron chi connectivity index (χ4n) is 2.45. The summed E-state index contributed by atoms with van der Waals surface area (Å²) < 4.78 is 1.04. The number of rotatable bonds is 5. The zero-order valence-corrected chi connectivity index (χ0v) is 12.3. The number of nitrogens with zero attached hydrogens (tertiary/aromatic N) is 2. The lowest BCUT2D eigenvalue weighted by Gasteiger charge is -2.23. The second-order valence-corrected chi connectivity index (χ2v) is 5.86. The molecule has 2 rings (SSSR count). The summed E-state index contributed by atoms with van der Waals surface area (Å²) in [6, 6.07) is 4.87. The maximum atomic E-state index is 5.77. The molecule has 1 fully saturated rings. The lowest BCUT2D eigenvalue weighted by molar-refractivity contribution is 0.231. The van der Waals surface area contributed by atoms with E-state index in [-0.39, 0.29) is 0 Å². The smallest absolute Gasteiger partial charge is 0.0544 e. The number of likely N-dealkylation sites (tertiary alicyclic amines) is 1. The van der Waals surface area contributed by atoms with Crippen molar-refractivity contribution in [3.05, 3.63) is 28.5 Å². The predicted octanol–water partition coefficient (Wildman–Crippen LogP) is 3.83. The van der Waals surface area contributed by atoms with Gasteiger partial charge in [0.15, 0.2) is 0 Å². The highest BCUT2D eigenvalue weighted by Crippen LogP contribution is 2.23. The number of hydrogen-bond donors (Lipinski definition) is 0. The summed E-state index contributed by atoms with van der Waals surface area (Å²) in [4.78, 5) is 6.99. The van der Waals surface area contributed by atoms with Gasteiger partial charge in [0.2, 0.25) is 0 Å². The Hall–Kier alpha value is -0.120. The van der Waals surface area contributed by atoms with E-state index in [1.807, 2.05) is 6.20 Å². The van der Waals surface area contributed by atoms with E-state index in [0.717, 1.165) is 29.0 Å². The molecule has 0 amide bonds. The van der Waals surface area contributed by atoms with Gasteiger partial charge in [-0.25, -0.2) is 0 Å². The first kappa shape index (κ1) is 13.3. The fraction of sp³-hybridized carbons (Fsp3) is 0.615.